The Balaban J connectivity index is 2.17. The summed E-state index contributed by atoms with van der Waals surface area (Å²) in [5, 5.41) is 0. The Labute approximate surface area is 96.2 Å². The second-order valence-corrected chi connectivity index (χ2v) is 4.92. The van der Waals surface area contributed by atoms with E-state index in [1.807, 2.05) is 6.08 Å². The van der Waals surface area contributed by atoms with Crippen LogP contribution in [0.5, 0.6) is 0 Å². The summed E-state index contributed by atoms with van der Waals surface area (Å²) in [6.07, 6.45) is 9.27. The molecule has 1 unspecified atom stereocenters. The quantitative estimate of drug-likeness (QED) is 0.645. The number of hydrogen-bond donors (Lipinski definition) is 0. The van der Waals surface area contributed by atoms with Gasteiger partial charge in [0.2, 0.25) is 0 Å². The summed E-state index contributed by atoms with van der Waals surface area (Å²) >= 11 is 0. The normalized spacial score (nSPS) is 28.1. The van der Waals surface area contributed by atoms with Crippen LogP contribution < -0.4 is 0 Å². The average molecular weight is 212 g/mol. The number of carbonyl (C=O) groups is 1. The van der Waals surface area contributed by atoms with Crippen LogP contribution in [0.25, 0.3) is 0 Å². The molecule has 16 heavy (non-hydrogen) atoms. The molecule has 0 aliphatic heterocycles. The fourth-order valence-electron chi connectivity index (χ4n) is 3.18. The maximum Gasteiger partial charge on any atom is 0.166 e. The molecule has 0 N–H and O–H groups in total. The van der Waals surface area contributed by atoms with Gasteiger partial charge in [0, 0.05) is 0 Å². The van der Waals surface area contributed by atoms with Gasteiger partial charge in [0.25, 0.3) is 0 Å². The van der Waals surface area contributed by atoms with Gasteiger partial charge >= 0.3 is 0 Å². The van der Waals surface area contributed by atoms with E-state index in [4.69, 9.17) is 0 Å². The number of allylic oxidation sites excluding steroid dienone is 2. The lowest BCUT2D eigenvalue weighted by Gasteiger charge is -2.28. The van der Waals surface area contributed by atoms with Crippen LogP contribution in [-0.4, -0.2) is 5.78 Å². The molecule has 1 heteroatoms. The summed E-state index contributed by atoms with van der Waals surface area (Å²) in [6, 6.07) is 8.50. The second kappa shape index (κ2) is 3.58. The standard InChI is InChI=1S/C15H16O/c16-14-9-5-11-15(14)10-4-3-7-12-6-1-2-8-13(12)15/h1-2,5-6,8-9H,3-4,7,10-11H2. The van der Waals surface area contributed by atoms with Gasteiger partial charge in [-0.25, -0.2) is 0 Å². The molecule has 1 aromatic carbocycles. The van der Waals surface area contributed by atoms with E-state index in [0.717, 1.165) is 19.3 Å². The molecule has 0 fully saturated rings. The molecule has 82 valence electrons. The monoisotopic (exact) mass is 212 g/mol. The molecule has 3 rings (SSSR count). The number of benzene rings is 1. The first-order valence-corrected chi connectivity index (χ1v) is 6.12. The molecular formula is C15H16O. The average Bonchev–Trinajstić information content (AvgIpc) is 2.57. The predicted molar refractivity (Wildman–Crippen MR) is 64.4 cm³/mol. The molecule has 0 amide bonds. The Bertz CT molecular complexity index is 458. The minimum atomic E-state index is -0.201. The Kier molecular flexibility index (Phi) is 2.20. The third kappa shape index (κ3) is 1.27. The number of ketones is 1. The third-order valence-corrected chi connectivity index (χ3v) is 4.04. The molecule has 0 saturated heterocycles. The maximum absolute atomic E-state index is 12.2. The molecule has 2 aliphatic rings. The van der Waals surface area contributed by atoms with Crippen molar-refractivity contribution in [2.45, 2.75) is 37.5 Å². The van der Waals surface area contributed by atoms with Gasteiger partial charge in [0.15, 0.2) is 5.78 Å². The fraction of sp³-hybridized carbons (Fsp3) is 0.400. The van der Waals surface area contributed by atoms with E-state index >= 15 is 0 Å². The first kappa shape index (κ1) is 9.83. The van der Waals surface area contributed by atoms with Crippen LogP contribution in [0.15, 0.2) is 36.4 Å². The molecule has 1 aromatic rings. The van der Waals surface area contributed by atoms with Crippen molar-refractivity contribution in [3.05, 3.63) is 47.5 Å². The summed E-state index contributed by atoms with van der Waals surface area (Å²) in [5.41, 5.74) is 2.48. The smallest absolute Gasteiger partial charge is 0.166 e. The van der Waals surface area contributed by atoms with Crippen LogP contribution in [-0.2, 0) is 16.6 Å². The summed E-state index contributed by atoms with van der Waals surface area (Å²) in [7, 11) is 0. The third-order valence-electron chi connectivity index (χ3n) is 4.04. The maximum atomic E-state index is 12.2. The number of hydrogen-bond acceptors (Lipinski definition) is 1. The van der Waals surface area contributed by atoms with Crippen LogP contribution in [0.1, 0.15) is 36.8 Å². The number of fused-ring (bicyclic) bond motifs is 2. The molecule has 1 spiro atoms. The van der Waals surface area contributed by atoms with Crippen LogP contribution in [0.3, 0.4) is 0 Å². The summed E-state index contributed by atoms with van der Waals surface area (Å²) in [5.74, 6) is 0.321. The zero-order valence-corrected chi connectivity index (χ0v) is 9.41. The van der Waals surface area contributed by atoms with E-state index in [-0.39, 0.29) is 5.41 Å². The highest BCUT2D eigenvalue weighted by atomic mass is 16.1. The van der Waals surface area contributed by atoms with Gasteiger partial charge in [-0.05, 0) is 42.9 Å². The van der Waals surface area contributed by atoms with Crippen LogP contribution in [0.4, 0.5) is 0 Å². The Morgan fingerprint density at radius 3 is 2.81 bits per heavy atom. The van der Waals surface area contributed by atoms with Crippen molar-refractivity contribution in [3.63, 3.8) is 0 Å². The summed E-state index contributed by atoms with van der Waals surface area (Å²) < 4.78 is 0. The SMILES string of the molecule is O=C1C=CCC12CCCCc1ccccc12. The molecule has 0 saturated carbocycles. The van der Waals surface area contributed by atoms with E-state index in [1.54, 1.807) is 6.08 Å². The Morgan fingerprint density at radius 2 is 2.00 bits per heavy atom. The molecule has 1 nitrogen and oxygen atoms in total. The minimum Gasteiger partial charge on any atom is -0.294 e. The molecule has 0 aromatic heterocycles. The minimum absolute atomic E-state index is 0.201. The topological polar surface area (TPSA) is 17.1 Å². The van der Waals surface area contributed by atoms with Crippen molar-refractivity contribution in [3.8, 4) is 0 Å². The van der Waals surface area contributed by atoms with E-state index in [1.165, 1.54) is 24.0 Å². The van der Waals surface area contributed by atoms with Crippen molar-refractivity contribution in [2.75, 3.05) is 0 Å². The number of carbonyl (C=O) groups excluding carboxylic acids is 1. The first-order valence-electron chi connectivity index (χ1n) is 6.12. The number of rotatable bonds is 0. The zero-order chi connectivity index (χ0) is 11.0. The lowest BCUT2D eigenvalue weighted by atomic mass is 9.73. The van der Waals surface area contributed by atoms with Crippen molar-refractivity contribution in [2.24, 2.45) is 0 Å². The predicted octanol–water partition coefficient (Wildman–Crippen LogP) is 3.18. The summed E-state index contributed by atoms with van der Waals surface area (Å²) in [4.78, 5) is 12.2. The van der Waals surface area contributed by atoms with Crippen molar-refractivity contribution >= 4 is 5.78 Å². The van der Waals surface area contributed by atoms with Crippen LogP contribution >= 0.6 is 0 Å². The Morgan fingerprint density at radius 1 is 1.12 bits per heavy atom. The molecule has 0 radical (unpaired) electrons. The summed E-state index contributed by atoms with van der Waals surface area (Å²) in [6.45, 7) is 0. The van der Waals surface area contributed by atoms with E-state index < -0.39 is 0 Å². The van der Waals surface area contributed by atoms with Crippen molar-refractivity contribution in [1.82, 2.24) is 0 Å². The van der Waals surface area contributed by atoms with Gasteiger partial charge in [-0.2, -0.15) is 0 Å². The van der Waals surface area contributed by atoms with E-state index in [0.29, 0.717) is 5.78 Å². The lowest BCUT2D eigenvalue weighted by Crippen LogP contribution is -2.31. The lowest BCUT2D eigenvalue weighted by molar-refractivity contribution is -0.119. The zero-order valence-electron chi connectivity index (χ0n) is 9.41. The van der Waals surface area contributed by atoms with Gasteiger partial charge in [0.1, 0.15) is 0 Å². The second-order valence-electron chi connectivity index (χ2n) is 4.92. The fourth-order valence-corrected chi connectivity index (χ4v) is 3.18. The first-order chi connectivity index (χ1) is 7.83. The van der Waals surface area contributed by atoms with Gasteiger partial charge < -0.3 is 0 Å². The highest BCUT2D eigenvalue weighted by molar-refractivity contribution is 6.01. The highest BCUT2D eigenvalue weighted by Crippen LogP contribution is 2.42. The van der Waals surface area contributed by atoms with E-state index in [2.05, 4.69) is 24.3 Å². The van der Waals surface area contributed by atoms with E-state index in [9.17, 15) is 4.79 Å². The molecule has 0 heterocycles. The Hall–Kier alpha value is -1.37. The molecule has 1 atom stereocenters. The van der Waals surface area contributed by atoms with Crippen molar-refractivity contribution < 1.29 is 4.79 Å². The van der Waals surface area contributed by atoms with Crippen molar-refractivity contribution in [1.29, 1.82) is 0 Å². The van der Waals surface area contributed by atoms with Crippen LogP contribution in [0, 0.1) is 0 Å². The molecular weight excluding hydrogens is 196 g/mol. The largest absolute Gasteiger partial charge is 0.294 e. The van der Waals surface area contributed by atoms with Gasteiger partial charge in [-0.15, -0.1) is 0 Å². The van der Waals surface area contributed by atoms with Gasteiger partial charge in [-0.3, -0.25) is 4.79 Å². The molecule has 0 bridgehead atoms. The number of aryl methyl sites for hydroxylation is 1. The van der Waals surface area contributed by atoms with Gasteiger partial charge in [0.05, 0.1) is 5.41 Å². The van der Waals surface area contributed by atoms with Gasteiger partial charge in [-0.1, -0.05) is 36.8 Å². The molecule has 2 aliphatic carbocycles. The van der Waals surface area contributed by atoms with Crippen LogP contribution in [0.2, 0.25) is 0 Å². The highest BCUT2D eigenvalue weighted by Gasteiger charge is 2.42.